The molecule has 1 heterocycles. The van der Waals surface area contributed by atoms with Gasteiger partial charge in [0, 0.05) is 31.9 Å². The Labute approximate surface area is 118 Å². The molecule has 0 unspecified atom stereocenters. The summed E-state index contributed by atoms with van der Waals surface area (Å²) in [5.74, 6) is 0. The second-order valence-electron chi connectivity index (χ2n) is 4.71. The van der Waals surface area contributed by atoms with E-state index < -0.39 is 10.0 Å². The summed E-state index contributed by atoms with van der Waals surface area (Å²) in [6, 6.07) is 6.62. The van der Waals surface area contributed by atoms with Crippen LogP contribution in [0.1, 0.15) is 16.8 Å². The van der Waals surface area contributed by atoms with Crippen LogP contribution in [0.25, 0.3) is 0 Å². The standard InChI is InChI=1S/C13H18N4O2S/c1-10-12(9-17(2)16-10)8-15-7-11-4-3-5-13(6-11)20(14,18)19/h3-6,9,15H,7-8H2,1-2H3,(H2,14,18,19). The summed E-state index contributed by atoms with van der Waals surface area (Å²) in [6.07, 6.45) is 1.96. The Hall–Kier alpha value is -1.70. The Morgan fingerprint density at radius 1 is 1.35 bits per heavy atom. The average Bonchev–Trinajstić information content (AvgIpc) is 2.67. The third kappa shape index (κ3) is 3.66. The van der Waals surface area contributed by atoms with Crippen LogP contribution in [-0.2, 0) is 30.2 Å². The minimum absolute atomic E-state index is 0.134. The molecule has 1 aromatic heterocycles. The monoisotopic (exact) mass is 294 g/mol. The Bertz CT molecular complexity index is 707. The zero-order valence-electron chi connectivity index (χ0n) is 11.5. The van der Waals surface area contributed by atoms with E-state index in [1.165, 1.54) is 6.07 Å². The van der Waals surface area contributed by atoms with E-state index >= 15 is 0 Å². The molecule has 0 radical (unpaired) electrons. The Morgan fingerprint density at radius 3 is 2.70 bits per heavy atom. The largest absolute Gasteiger partial charge is 0.308 e. The van der Waals surface area contributed by atoms with Crippen molar-refractivity contribution >= 4 is 10.0 Å². The Kier molecular flexibility index (Phi) is 4.22. The number of nitrogens with zero attached hydrogens (tertiary/aromatic N) is 2. The third-order valence-corrected chi connectivity index (χ3v) is 3.90. The predicted octanol–water partition coefficient (Wildman–Crippen LogP) is 0.666. The van der Waals surface area contributed by atoms with Crippen molar-refractivity contribution in [2.45, 2.75) is 24.9 Å². The third-order valence-electron chi connectivity index (χ3n) is 2.99. The second kappa shape index (κ2) is 5.74. The minimum atomic E-state index is -3.65. The lowest BCUT2D eigenvalue weighted by molar-refractivity contribution is 0.597. The van der Waals surface area contributed by atoms with Crippen LogP contribution in [-0.4, -0.2) is 18.2 Å². The highest BCUT2D eigenvalue weighted by Gasteiger charge is 2.08. The van der Waals surface area contributed by atoms with Gasteiger partial charge in [-0.15, -0.1) is 0 Å². The van der Waals surface area contributed by atoms with Gasteiger partial charge >= 0.3 is 0 Å². The van der Waals surface area contributed by atoms with Gasteiger partial charge in [-0.05, 0) is 24.6 Å². The summed E-state index contributed by atoms with van der Waals surface area (Å²) in [5, 5.41) is 12.6. The molecule has 0 saturated heterocycles. The van der Waals surface area contributed by atoms with Crippen LogP contribution < -0.4 is 10.5 Å². The molecule has 0 aliphatic carbocycles. The number of aryl methyl sites for hydroxylation is 2. The number of hydrogen-bond acceptors (Lipinski definition) is 4. The van der Waals surface area contributed by atoms with E-state index in [1.54, 1.807) is 16.8 Å². The first kappa shape index (κ1) is 14.7. The van der Waals surface area contributed by atoms with Gasteiger partial charge in [-0.3, -0.25) is 4.68 Å². The number of sulfonamides is 1. The summed E-state index contributed by atoms with van der Waals surface area (Å²) in [4.78, 5) is 0.134. The van der Waals surface area contributed by atoms with E-state index in [0.29, 0.717) is 13.1 Å². The van der Waals surface area contributed by atoms with Crippen molar-refractivity contribution in [3.63, 3.8) is 0 Å². The first-order valence-corrected chi connectivity index (χ1v) is 7.72. The molecule has 3 N–H and O–H groups in total. The molecule has 2 aromatic rings. The van der Waals surface area contributed by atoms with Gasteiger partial charge in [0.05, 0.1) is 10.6 Å². The molecule has 7 heteroatoms. The first-order chi connectivity index (χ1) is 9.36. The molecule has 0 amide bonds. The van der Waals surface area contributed by atoms with E-state index in [1.807, 2.05) is 26.2 Å². The summed E-state index contributed by atoms with van der Waals surface area (Å²) >= 11 is 0. The van der Waals surface area contributed by atoms with Gasteiger partial charge in [0.25, 0.3) is 0 Å². The van der Waals surface area contributed by atoms with Crippen LogP contribution in [0.3, 0.4) is 0 Å². The number of aromatic nitrogens is 2. The second-order valence-corrected chi connectivity index (χ2v) is 6.27. The Balaban J connectivity index is 2.00. The van der Waals surface area contributed by atoms with Gasteiger partial charge in [0.2, 0.25) is 10.0 Å². The molecule has 0 bridgehead atoms. The first-order valence-electron chi connectivity index (χ1n) is 6.18. The molecule has 0 saturated carbocycles. The van der Waals surface area contributed by atoms with Gasteiger partial charge in [-0.2, -0.15) is 5.10 Å². The summed E-state index contributed by atoms with van der Waals surface area (Å²) < 4.78 is 24.3. The zero-order valence-corrected chi connectivity index (χ0v) is 12.3. The fourth-order valence-electron chi connectivity index (χ4n) is 2.00. The molecule has 0 fully saturated rings. The van der Waals surface area contributed by atoms with Gasteiger partial charge in [0.15, 0.2) is 0 Å². The van der Waals surface area contributed by atoms with Crippen molar-refractivity contribution in [2.24, 2.45) is 12.2 Å². The normalized spacial score (nSPS) is 11.8. The molecular formula is C13H18N4O2S. The van der Waals surface area contributed by atoms with Crippen LogP contribution in [0.5, 0.6) is 0 Å². The predicted molar refractivity (Wildman–Crippen MR) is 76.3 cm³/mol. The average molecular weight is 294 g/mol. The van der Waals surface area contributed by atoms with Crippen LogP contribution in [0, 0.1) is 6.92 Å². The van der Waals surface area contributed by atoms with Crippen LogP contribution >= 0.6 is 0 Å². The van der Waals surface area contributed by atoms with Gasteiger partial charge in [-0.25, -0.2) is 13.6 Å². The highest BCUT2D eigenvalue weighted by Crippen LogP contribution is 2.10. The molecule has 0 aliphatic rings. The SMILES string of the molecule is Cc1nn(C)cc1CNCc1cccc(S(N)(=O)=O)c1. The van der Waals surface area contributed by atoms with E-state index in [4.69, 9.17) is 5.14 Å². The fraction of sp³-hybridized carbons (Fsp3) is 0.308. The molecule has 0 aliphatic heterocycles. The maximum atomic E-state index is 11.3. The van der Waals surface area contributed by atoms with E-state index in [2.05, 4.69) is 10.4 Å². The molecule has 6 nitrogen and oxygen atoms in total. The summed E-state index contributed by atoms with van der Waals surface area (Å²) in [6.45, 7) is 3.20. The molecule has 0 spiro atoms. The number of rotatable bonds is 5. The smallest absolute Gasteiger partial charge is 0.238 e. The van der Waals surface area contributed by atoms with Crippen LogP contribution in [0.2, 0.25) is 0 Å². The summed E-state index contributed by atoms with van der Waals surface area (Å²) in [5.41, 5.74) is 2.98. The van der Waals surface area contributed by atoms with Crippen molar-refractivity contribution in [2.75, 3.05) is 0 Å². The Morgan fingerprint density at radius 2 is 2.10 bits per heavy atom. The quantitative estimate of drug-likeness (QED) is 0.848. The number of primary sulfonamides is 1. The van der Waals surface area contributed by atoms with E-state index in [9.17, 15) is 8.42 Å². The number of nitrogens with one attached hydrogen (secondary N) is 1. The number of benzene rings is 1. The molecular weight excluding hydrogens is 276 g/mol. The molecule has 0 atom stereocenters. The molecule has 20 heavy (non-hydrogen) atoms. The van der Waals surface area contributed by atoms with Crippen LogP contribution in [0.15, 0.2) is 35.4 Å². The fourth-order valence-corrected chi connectivity index (χ4v) is 2.58. The van der Waals surface area contributed by atoms with Gasteiger partial charge < -0.3 is 5.32 Å². The zero-order chi connectivity index (χ0) is 14.8. The lowest BCUT2D eigenvalue weighted by Crippen LogP contribution is -2.15. The van der Waals surface area contributed by atoms with Crippen molar-refractivity contribution in [1.29, 1.82) is 0 Å². The topological polar surface area (TPSA) is 90.0 Å². The van der Waals surface area contributed by atoms with Gasteiger partial charge in [-0.1, -0.05) is 12.1 Å². The number of hydrogen-bond donors (Lipinski definition) is 2. The lowest BCUT2D eigenvalue weighted by atomic mass is 10.2. The highest BCUT2D eigenvalue weighted by atomic mass is 32.2. The van der Waals surface area contributed by atoms with Crippen molar-refractivity contribution in [3.05, 3.63) is 47.3 Å². The van der Waals surface area contributed by atoms with E-state index in [-0.39, 0.29) is 4.90 Å². The minimum Gasteiger partial charge on any atom is -0.308 e. The van der Waals surface area contributed by atoms with Crippen LogP contribution in [0.4, 0.5) is 0 Å². The van der Waals surface area contributed by atoms with E-state index in [0.717, 1.165) is 16.8 Å². The molecule has 108 valence electrons. The summed E-state index contributed by atoms with van der Waals surface area (Å²) in [7, 11) is -1.77. The van der Waals surface area contributed by atoms with Crippen molar-refractivity contribution < 1.29 is 8.42 Å². The van der Waals surface area contributed by atoms with Crippen molar-refractivity contribution in [3.8, 4) is 0 Å². The maximum absolute atomic E-state index is 11.3. The highest BCUT2D eigenvalue weighted by molar-refractivity contribution is 7.89. The van der Waals surface area contributed by atoms with Gasteiger partial charge in [0.1, 0.15) is 0 Å². The van der Waals surface area contributed by atoms with Crippen molar-refractivity contribution in [1.82, 2.24) is 15.1 Å². The molecule has 1 aromatic carbocycles. The molecule has 2 rings (SSSR count). The lowest BCUT2D eigenvalue weighted by Gasteiger charge is -2.06. The number of nitrogens with two attached hydrogens (primary N) is 1. The maximum Gasteiger partial charge on any atom is 0.238 e.